The van der Waals surface area contributed by atoms with Crippen molar-refractivity contribution in [3.8, 4) is 0 Å². The molecule has 0 fully saturated rings. The van der Waals surface area contributed by atoms with Crippen molar-refractivity contribution in [1.82, 2.24) is 5.32 Å². The van der Waals surface area contributed by atoms with Crippen molar-refractivity contribution in [2.24, 2.45) is 11.7 Å². The van der Waals surface area contributed by atoms with Gasteiger partial charge >= 0.3 is 0 Å². The van der Waals surface area contributed by atoms with Crippen LogP contribution in [0.1, 0.15) is 28.4 Å². The van der Waals surface area contributed by atoms with Crippen molar-refractivity contribution in [2.75, 3.05) is 7.11 Å². The number of carbonyl (C=O) groups is 1. The fourth-order valence-electron chi connectivity index (χ4n) is 2.80. The number of hydrogen-bond donors (Lipinski definition) is 6. The van der Waals surface area contributed by atoms with E-state index in [0.717, 1.165) is 5.56 Å². The van der Waals surface area contributed by atoms with Crippen LogP contribution in [0.4, 0.5) is 0 Å². The van der Waals surface area contributed by atoms with E-state index in [0.29, 0.717) is 22.3 Å². The van der Waals surface area contributed by atoms with Crippen LogP contribution in [-0.4, -0.2) is 46.1 Å². The number of benzene rings is 1. The second-order valence-corrected chi connectivity index (χ2v) is 7.79. The standard InChI is InChI=1S/C19H24N4O4.H3O4P/c1-12(22-18(24)14-6-8-23(26)9-7-14)16(19(25)27-2)11-13-4-3-5-15(10-13)17(20)21;1-5(2,3)4/h3-10,12,16,19,25H,11H2,1-2H3,(H3,20,21)(H,22,24);(H3,1,2,3,4)/p-1/t12-,16-,19?;/m1./s1. The Morgan fingerprint density at radius 1 is 1.28 bits per heavy atom. The number of methoxy groups -OCH3 is 1. The molecule has 0 saturated heterocycles. The first-order valence-electron chi connectivity index (χ1n) is 9.22. The topological polar surface area (TPSA) is 216 Å². The Labute approximate surface area is 184 Å². The van der Waals surface area contributed by atoms with Crippen molar-refractivity contribution < 1.29 is 38.6 Å². The van der Waals surface area contributed by atoms with Crippen molar-refractivity contribution in [1.29, 1.82) is 5.41 Å². The molecule has 1 amide bonds. The highest BCUT2D eigenvalue weighted by molar-refractivity contribution is 7.43. The van der Waals surface area contributed by atoms with Gasteiger partial charge in [0.2, 0.25) is 0 Å². The average molecular weight is 469 g/mol. The molecule has 2 rings (SSSR count). The maximum atomic E-state index is 12.4. The van der Waals surface area contributed by atoms with Crippen molar-refractivity contribution >= 4 is 19.6 Å². The zero-order valence-electron chi connectivity index (χ0n) is 17.4. The van der Waals surface area contributed by atoms with Gasteiger partial charge in [-0.3, -0.25) is 14.8 Å². The molecule has 0 aliphatic rings. The zero-order valence-corrected chi connectivity index (χ0v) is 18.3. The number of hydrogen-bond acceptors (Lipinski definition) is 7. The van der Waals surface area contributed by atoms with E-state index in [1.807, 2.05) is 6.07 Å². The number of amidine groups is 1. The first kappa shape index (κ1) is 27.2. The highest BCUT2D eigenvalue weighted by atomic mass is 31.2. The van der Waals surface area contributed by atoms with Gasteiger partial charge in [-0.2, -0.15) is 4.73 Å². The number of nitrogens with zero attached hydrogens (tertiary/aromatic N) is 1. The smallest absolute Gasteiger partial charge is 0.262 e. The van der Waals surface area contributed by atoms with Crippen molar-refractivity contribution in [3.05, 3.63) is 70.7 Å². The lowest BCUT2D eigenvalue weighted by molar-refractivity contribution is -0.605. The largest absolute Gasteiger partial charge is 0.756 e. The molecule has 1 aromatic carbocycles. The molecule has 3 atom stereocenters. The molecule has 2 aromatic rings. The lowest BCUT2D eigenvalue weighted by atomic mass is 9.91. The molecule has 12 nitrogen and oxygen atoms in total. The predicted molar refractivity (Wildman–Crippen MR) is 112 cm³/mol. The van der Waals surface area contributed by atoms with Gasteiger partial charge in [-0.1, -0.05) is 18.2 Å². The summed E-state index contributed by atoms with van der Waals surface area (Å²) in [4.78, 5) is 35.3. The number of amides is 1. The van der Waals surface area contributed by atoms with Gasteiger partial charge in [-0.15, -0.1) is 0 Å². The SMILES string of the molecule is COC(O)[C@H](Cc1cccc(C(=N)N)c1)[C@@H](C)NC(=O)c1cc[n+]([O-])cc1.O=P([O-])(O)O. The number of pyridine rings is 1. The monoisotopic (exact) mass is 469 g/mol. The zero-order chi connectivity index (χ0) is 24.5. The van der Waals surface area contributed by atoms with Crippen LogP contribution in [0.15, 0.2) is 48.8 Å². The minimum absolute atomic E-state index is 0.0401. The Morgan fingerprint density at radius 2 is 1.84 bits per heavy atom. The van der Waals surface area contributed by atoms with Crippen molar-refractivity contribution in [2.45, 2.75) is 25.7 Å². The first-order chi connectivity index (χ1) is 14.8. The predicted octanol–water partition coefficient (Wildman–Crippen LogP) is -1.01. The summed E-state index contributed by atoms with van der Waals surface area (Å²) in [6, 6.07) is 9.58. The highest BCUT2D eigenvalue weighted by Gasteiger charge is 2.27. The Bertz CT molecular complexity index is 942. The number of nitrogens with one attached hydrogen (secondary N) is 2. The van der Waals surface area contributed by atoms with Crippen LogP contribution in [0.3, 0.4) is 0 Å². The molecule has 7 N–H and O–H groups in total. The Balaban J connectivity index is 0.000000920. The molecule has 1 unspecified atom stereocenters. The molecule has 0 bridgehead atoms. The fourth-order valence-corrected chi connectivity index (χ4v) is 2.80. The normalized spacial score (nSPS) is 13.8. The molecular formula is C19H26N4O8P-. The van der Waals surface area contributed by atoms with Crippen LogP contribution in [-0.2, 0) is 15.7 Å². The summed E-state index contributed by atoms with van der Waals surface area (Å²) in [5.74, 6) is -0.829. The lowest BCUT2D eigenvalue weighted by Crippen LogP contribution is -2.44. The van der Waals surface area contributed by atoms with Crippen LogP contribution in [0.25, 0.3) is 0 Å². The van der Waals surface area contributed by atoms with Gasteiger partial charge in [-0.25, -0.2) is 0 Å². The molecule has 32 heavy (non-hydrogen) atoms. The third-order valence-electron chi connectivity index (χ3n) is 4.38. The minimum Gasteiger partial charge on any atom is -0.756 e. The average Bonchev–Trinajstić information content (AvgIpc) is 2.70. The highest BCUT2D eigenvalue weighted by Crippen LogP contribution is 2.19. The molecular weight excluding hydrogens is 443 g/mol. The number of aliphatic hydroxyl groups excluding tert-OH is 1. The Morgan fingerprint density at radius 3 is 2.34 bits per heavy atom. The molecule has 13 heteroatoms. The summed E-state index contributed by atoms with van der Waals surface area (Å²) in [5.41, 5.74) is 7.32. The molecule has 0 radical (unpaired) electrons. The molecule has 0 aliphatic carbocycles. The van der Waals surface area contributed by atoms with E-state index in [2.05, 4.69) is 5.32 Å². The number of aromatic nitrogens is 1. The van der Waals surface area contributed by atoms with E-state index in [1.54, 1.807) is 25.1 Å². The number of ether oxygens (including phenoxy) is 1. The summed E-state index contributed by atoms with van der Waals surface area (Å²) in [7, 11) is -3.50. The van der Waals surface area contributed by atoms with E-state index in [9.17, 15) is 15.1 Å². The van der Waals surface area contributed by atoms with E-state index in [-0.39, 0.29) is 11.7 Å². The van der Waals surface area contributed by atoms with Crippen LogP contribution in [0.2, 0.25) is 0 Å². The van der Waals surface area contributed by atoms with Gasteiger partial charge < -0.3 is 40.8 Å². The summed E-state index contributed by atoms with van der Waals surface area (Å²) >= 11 is 0. The quantitative estimate of drug-likeness (QED) is 0.0696. The molecule has 176 valence electrons. The summed E-state index contributed by atoms with van der Waals surface area (Å²) in [6.45, 7) is 1.77. The summed E-state index contributed by atoms with van der Waals surface area (Å²) < 4.78 is 14.4. The molecule has 1 aromatic heterocycles. The number of nitrogen functional groups attached to an aromatic ring is 1. The third-order valence-corrected chi connectivity index (χ3v) is 4.38. The molecule has 0 aliphatic heterocycles. The van der Waals surface area contributed by atoms with Gasteiger partial charge in [0.05, 0.1) is 5.56 Å². The van der Waals surface area contributed by atoms with Gasteiger partial charge in [0.25, 0.3) is 13.7 Å². The number of phosphoric acid groups is 1. The Hall–Kier alpha value is -2.86. The van der Waals surface area contributed by atoms with E-state index in [4.69, 9.17) is 35.1 Å². The second kappa shape index (κ2) is 12.2. The second-order valence-electron chi connectivity index (χ2n) is 6.81. The van der Waals surface area contributed by atoms with Crippen LogP contribution < -0.4 is 20.7 Å². The Kier molecular flexibility index (Phi) is 10.4. The van der Waals surface area contributed by atoms with Crippen LogP contribution in [0.5, 0.6) is 0 Å². The van der Waals surface area contributed by atoms with Gasteiger partial charge in [0.15, 0.2) is 18.7 Å². The van der Waals surface area contributed by atoms with Gasteiger partial charge in [0.1, 0.15) is 5.84 Å². The first-order valence-corrected chi connectivity index (χ1v) is 10.7. The molecule has 0 saturated carbocycles. The van der Waals surface area contributed by atoms with E-state index in [1.165, 1.54) is 31.6 Å². The molecule has 1 heterocycles. The number of aliphatic hydroxyl groups is 1. The van der Waals surface area contributed by atoms with E-state index >= 15 is 0 Å². The number of rotatable bonds is 8. The summed E-state index contributed by atoms with van der Waals surface area (Å²) in [6.07, 6.45) is 1.80. The van der Waals surface area contributed by atoms with Crippen LogP contribution >= 0.6 is 7.82 Å². The van der Waals surface area contributed by atoms with Gasteiger partial charge in [0, 0.05) is 36.8 Å². The molecule has 0 spiro atoms. The van der Waals surface area contributed by atoms with E-state index < -0.39 is 26.1 Å². The summed E-state index contributed by atoms with van der Waals surface area (Å²) in [5, 5.41) is 31.7. The fraction of sp³-hybridized carbons (Fsp3) is 0.316. The lowest BCUT2D eigenvalue weighted by Gasteiger charge is -2.28. The number of carbonyl (C=O) groups excluding carboxylic acids is 1. The van der Waals surface area contributed by atoms with Crippen LogP contribution in [0, 0.1) is 16.5 Å². The maximum absolute atomic E-state index is 12.4. The maximum Gasteiger partial charge on any atom is 0.262 e. The van der Waals surface area contributed by atoms with Gasteiger partial charge in [-0.05, 0) is 25.0 Å². The minimum atomic E-state index is -4.89. The number of nitrogens with two attached hydrogens (primary N) is 1. The third kappa shape index (κ3) is 9.96. The van der Waals surface area contributed by atoms with Crippen molar-refractivity contribution in [3.63, 3.8) is 0 Å².